The zero-order chi connectivity index (χ0) is 15.8. The van der Waals surface area contributed by atoms with E-state index in [0.29, 0.717) is 13.1 Å². The van der Waals surface area contributed by atoms with Crippen LogP contribution in [0.15, 0.2) is 15.4 Å². The standard InChI is InChI=1S/C13H18ClNO5S/c1-9-11(21(14,17)18)7-10(20-9)12(16)15-6-4-5-13(2,8-15)19-3/h7H,4-6,8H2,1-3H3. The van der Waals surface area contributed by atoms with Gasteiger partial charge < -0.3 is 14.1 Å². The monoisotopic (exact) mass is 335 g/mol. The van der Waals surface area contributed by atoms with Gasteiger partial charge in [0.15, 0.2) is 5.76 Å². The second-order valence-electron chi connectivity index (χ2n) is 5.45. The van der Waals surface area contributed by atoms with Crippen LogP contribution in [-0.4, -0.2) is 45.0 Å². The van der Waals surface area contributed by atoms with Crippen LogP contribution in [0.2, 0.25) is 0 Å². The molecule has 1 unspecified atom stereocenters. The van der Waals surface area contributed by atoms with E-state index < -0.39 is 14.7 Å². The zero-order valence-electron chi connectivity index (χ0n) is 12.2. The molecule has 1 saturated heterocycles. The molecule has 1 fully saturated rings. The van der Waals surface area contributed by atoms with E-state index in [2.05, 4.69) is 0 Å². The Balaban J connectivity index is 2.25. The number of ether oxygens (including phenoxy) is 1. The third-order valence-electron chi connectivity index (χ3n) is 3.78. The molecule has 0 N–H and O–H groups in total. The fourth-order valence-electron chi connectivity index (χ4n) is 2.51. The van der Waals surface area contributed by atoms with Gasteiger partial charge in [-0.1, -0.05) is 0 Å². The van der Waals surface area contributed by atoms with Gasteiger partial charge in [-0.25, -0.2) is 8.42 Å². The molecule has 118 valence electrons. The Kier molecular flexibility index (Phi) is 4.37. The van der Waals surface area contributed by atoms with Crippen molar-refractivity contribution in [3.05, 3.63) is 17.6 Å². The number of amides is 1. The van der Waals surface area contributed by atoms with E-state index in [1.807, 2.05) is 6.92 Å². The van der Waals surface area contributed by atoms with E-state index in [1.165, 1.54) is 13.0 Å². The summed E-state index contributed by atoms with van der Waals surface area (Å²) >= 11 is 0. The highest BCUT2D eigenvalue weighted by Gasteiger charge is 2.35. The predicted octanol–water partition coefficient (Wildman–Crippen LogP) is 2.16. The Morgan fingerprint density at radius 1 is 1.52 bits per heavy atom. The molecular formula is C13H18ClNO5S. The highest BCUT2D eigenvalue weighted by molar-refractivity contribution is 8.13. The lowest BCUT2D eigenvalue weighted by Crippen LogP contribution is -2.49. The number of likely N-dealkylation sites (tertiary alicyclic amines) is 1. The minimum absolute atomic E-state index is 0.0212. The first-order chi connectivity index (χ1) is 9.66. The molecule has 0 spiro atoms. The van der Waals surface area contributed by atoms with Crippen molar-refractivity contribution in [3.8, 4) is 0 Å². The molecule has 1 atom stereocenters. The van der Waals surface area contributed by atoms with Crippen LogP contribution in [-0.2, 0) is 13.8 Å². The Morgan fingerprint density at radius 2 is 2.19 bits per heavy atom. The first-order valence-electron chi connectivity index (χ1n) is 6.56. The van der Waals surface area contributed by atoms with E-state index in [9.17, 15) is 13.2 Å². The van der Waals surface area contributed by atoms with Gasteiger partial charge in [-0.2, -0.15) is 0 Å². The molecule has 0 aromatic carbocycles. The lowest BCUT2D eigenvalue weighted by molar-refractivity contribution is -0.0445. The number of carbonyl (C=O) groups is 1. The van der Waals surface area contributed by atoms with Crippen molar-refractivity contribution in [1.29, 1.82) is 0 Å². The largest absolute Gasteiger partial charge is 0.455 e. The summed E-state index contributed by atoms with van der Waals surface area (Å²) in [7, 11) is 3.00. The minimum atomic E-state index is -3.92. The number of nitrogens with zero attached hydrogens (tertiary/aromatic N) is 1. The Hall–Kier alpha value is -1.05. The molecule has 1 aliphatic heterocycles. The summed E-state index contributed by atoms with van der Waals surface area (Å²) in [6.45, 7) is 4.42. The van der Waals surface area contributed by atoms with Crippen molar-refractivity contribution in [2.75, 3.05) is 20.2 Å². The maximum atomic E-state index is 12.4. The molecule has 1 aromatic heterocycles. The number of hydrogen-bond donors (Lipinski definition) is 0. The van der Waals surface area contributed by atoms with Crippen LogP contribution in [0.1, 0.15) is 36.1 Å². The van der Waals surface area contributed by atoms with Crippen molar-refractivity contribution >= 4 is 25.6 Å². The molecule has 1 aliphatic rings. The summed E-state index contributed by atoms with van der Waals surface area (Å²) in [5.41, 5.74) is -0.392. The van der Waals surface area contributed by atoms with Crippen LogP contribution in [0.25, 0.3) is 0 Å². The third kappa shape index (κ3) is 3.41. The molecule has 1 aromatic rings. The molecule has 0 saturated carbocycles. The summed E-state index contributed by atoms with van der Waals surface area (Å²) in [6, 6.07) is 1.18. The van der Waals surface area contributed by atoms with Crippen molar-refractivity contribution in [2.24, 2.45) is 0 Å². The first-order valence-corrected chi connectivity index (χ1v) is 8.87. The lowest BCUT2D eigenvalue weighted by atomic mass is 9.94. The normalized spacial score (nSPS) is 23.3. The molecule has 0 bridgehead atoms. The van der Waals surface area contributed by atoms with E-state index >= 15 is 0 Å². The van der Waals surface area contributed by atoms with Crippen LogP contribution in [0, 0.1) is 6.92 Å². The molecule has 1 amide bonds. The van der Waals surface area contributed by atoms with Gasteiger partial charge in [0.05, 0.1) is 5.60 Å². The fraction of sp³-hybridized carbons (Fsp3) is 0.615. The molecule has 2 heterocycles. The summed E-state index contributed by atoms with van der Waals surface area (Å²) in [5.74, 6) is -0.264. The summed E-state index contributed by atoms with van der Waals surface area (Å²) in [6.07, 6.45) is 1.68. The Bertz CT molecular complexity index is 654. The molecular weight excluding hydrogens is 318 g/mol. The number of aryl methyl sites for hydroxylation is 1. The number of halogens is 1. The maximum Gasteiger partial charge on any atom is 0.289 e. The Morgan fingerprint density at radius 3 is 2.71 bits per heavy atom. The van der Waals surface area contributed by atoms with Crippen LogP contribution in [0.4, 0.5) is 0 Å². The molecule has 6 nitrogen and oxygen atoms in total. The SMILES string of the molecule is COC1(C)CCCN(C(=O)c2cc(S(=O)(=O)Cl)c(C)o2)C1. The van der Waals surface area contributed by atoms with Crippen molar-refractivity contribution in [3.63, 3.8) is 0 Å². The molecule has 0 aliphatic carbocycles. The van der Waals surface area contributed by atoms with Gasteiger partial charge >= 0.3 is 0 Å². The van der Waals surface area contributed by atoms with Gasteiger partial charge in [0.25, 0.3) is 15.0 Å². The average molecular weight is 336 g/mol. The molecule has 21 heavy (non-hydrogen) atoms. The van der Waals surface area contributed by atoms with Gasteiger partial charge in [0.2, 0.25) is 0 Å². The highest BCUT2D eigenvalue weighted by atomic mass is 35.7. The van der Waals surface area contributed by atoms with Gasteiger partial charge in [0, 0.05) is 36.9 Å². The molecule has 0 radical (unpaired) electrons. The van der Waals surface area contributed by atoms with Crippen LogP contribution in [0.3, 0.4) is 0 Å². The lowest BCUT2D eigenvalue weighted by Gasteiger charge is -2.39. The van der Waals surface area contributed by atoms with Crippen molar-refractivity contribution in [2.45, 2.75) is 37.2 Å². The van der Waals surface area contributed by atoms with Crippen LogP contribution < -0.4 is 0 Å². The van der Waals surface area contributed by atoms with Gasteiger partial charge in [-0.3, -0.25) is 4.79 Å². The third-order valence-corrected chi connectivity index (χ3v) is 5.21. The second-order valence-corrected chi connectivity index (χ2v) is 7.99. The summed E-state index contributed by atoms with van der Waals surface area (Å²) in [4.78, 5) is 13.9. The topological polar surface area (TPSA) is 76.8 Å². The minimum Gasteiger partial charge on any atom is -0.455 e. The molecule has 8 heteroatoms. The Labute approximate surface area is 128 Å². The number of methoxy groups -OCH3 is 1. The summed E-state index contributed by atoms with van der Waals surface area (Å²) in [5, 5.41) is 0. The number of piperidine rings is 1. The van der Waals surface area contributed by atoms with Crippen LogP contribution in [0.5, 0.6) is 0 Å². The number of carbonyl (C=O) groups excluding carboxylic acids is 1. The zero-order valence-corrected chi connectivity index (χ0v) is 13.8. The number of furan rings is 1. The van der Waals surface area contributed by atoms with E-state index in [4.69, 9.17) is 19.8 Å². The van der Waals surface area contributed by atoms with Gasteiger partial charge in [0.1, 0.15) is 10.7 Å². The van der Waals surface area contributed by atoms with Crippen molar-refractivity contribution < 1.29 is 22.4 Å². The van der Waals surface area contributed by atoms with E-state index in [1.54, 1.807) is 12.0 Å². The van der Waals surface area contributed by atoms with E-state index in [0.717, 1.165) is 12.8 Å². The van der Waals surface area contributed by atoms with Crippen LogP contribution >= 0.6 is 10.7 Å². The van der Waals surface area contributed by atoms with Gasteiger partial charge in [-0.15, -0.1) is 0 Å². The van der Waals surface area contributed by atoms with Crippen molar-refractivity contribution in [1.82, 2.24) is 4.90 Å². The number of hydrogen-bond acceptors (Lipinski definition) is 5. The maximum absolute atomic E-state index is 12.4. The fourth-order valence-corrected chi connectivity index (χ4v) is 3.61. The summed E-state index contributed by atoms with van der Waals surface area (Å²) < 4.78 is 33.5. The van der Waals surface area contributed by atoms with E-state index in [-0.39, 0.29) is 22.3 Å². The first kappa shape index (κ1) is 16.3. The predicted molar refractivity (Wildman–Crippen MR) is 77.0 cm³/mol. The smallest absolute Gasteiger partial charge is 0.289 e. The van der Waals surface area contributed by atoms with Gasteiger partial charge in [-0.05, 0) is 26.7 Å². The highest BCUT2D eigenvalue weighted by Crippen LogP contribution is 2.28. The molecule has 2 rings (SSSR count). The average Bonchev–Trinajstić information content (AvgIpc) is 2.80. The second kappa shape index (κ2) is 5.62. The quantitative estimate of drug-likeness (QED) is 0.791. The number of rotatable bonds is 3.